The lowest BCUT2D eigenvalue weighted by Gasteiger charge is -2.01. The Bertz CT molecular complexity index is 129. The number of carbonyl (C=O) groups is 1. The second kappa shape index (κ2) is 5.03. The average molecular weight is 141 g/mol. The van der Waals surface area contributed by atoms with Gasteiger partial charge in [0.15, 0.2) is 0 Å². The fourth-order valence-electron chi connectivity index (χ4n) is 0.795. The number of primary amides is 1. The van der Waals surface area contributed by atoms with Crippen LogP contribution >= 0.6 is 0 Å². The molecule has 0 radical (unpaired) electrons. The summed E-state index contributed by atoms with van der Waals surface area (Å²) in [5.74, 6) is 0.258. The van der Waals surface area contributed by atoms with Gasteiger partial charge in [0.25, 0.3) is 0 Å². The Morgan fingerprint density at radius 2 is 2.30 bits per heavy atom. The van der Waals surface area contributed by atoms with Crippen molar-refractivity contribution in [3.63, 3.8) is 0 Å². The molecule has 0 aliphatic carbocycles. The topological polar surface area (TPSA) is 43.1 Å². The minimum Gasteiger partial charge on any atom is -0.370 e. The van der Waals surface area contributed by atoms with E-state index in [1.807, 2.05) is 13.0 Å². The molecule has 1 amide bonds. The van der Waals surface area contributed by atoms with Crippen LogP contribution in [0.15, 0.2) is 12.2 Å². The highest BCUT2D eigenvalue weighted by molar-refractivity contribution is 5.73. The molecule has 58 valence electrons. The number of rotatable bonds is 4. The summed E-state index contributed by atoms with van der Waals surface area (Å²) in [6.45, 7) is 4.05. The molecule has 0 rings (SSSR count). The van der Waals surface area contributed by atoms with Gasteiger partial charge in [0.05, 0.1) is 0 Å². The first-order valence-corrected chi connectivity index (χ1v) is 3.58. The van der Waals surface area contributed by atoms with Gasteiger partial charge in [-0.3, -0.25) is 4.79 Å². The van der Waals surface area contributed by atoms with Gasteiger partial charge in [-0.15, -0.1) is 0 Å². The van der Waals surface area contributed by atoms with E-state index in [0.29, 0.717) is 12.3 Å². The van der Waals surface area contributed by atoms with Crippen molar-refractivity contribution in [1.29, 1.82) is 0 Å². The Balaban J connectivity index is 3.39. The second-order valence-electron chi connectivity index (χ2n) is 2.51. The lowest BCUT2D eigenvalue weighted by atomic mass is 10.1. The van der Waals surface area contributed by atoms with Crippen LogP contribution in [0, 0.1) is 5.92 Å². The van der Waals surface area contributed by atoms with E-state index in [9.17, 15) is 4.79 Å². The summed E-state index contributed by atoms with van der Waals surface area (Å²) in [6.07, 6.45) is 5.42. The molecule has 10 heavy (non-hydrogen) atoms. The number of amides is 1. The summed E-state index contributed by atoms with van der Waals surface area (Å²) < 4.78 is 0. The van der Waals surface area contributed by atoms with Crippen LogP contribution in [0.2, 0.25) is 0 Å². The monoisotopic (exact) mass is 141 g/mol. The van der Waals surface area contributed by atoms with E-state index >= 15 is 0 Å². The van der Waals surface area contributed by atoms with Gasteiger partial charge in [-0.2, -0.15) is 0 Å². The number of hydrogen-bond donors (Lipinski definition) is 1. The summed E-state index contributed by atoms with van der Waals surface area (Å²) in [4.78, 5) is 10.3. The van der Waals surface area contributed by atoms with Gasteiger partial charge in [-0.1, -0.05) is 19.1 Å². The standard InChI is InChI=1S/C8H15NO/c1-3-4-7(2)5-6-8(9)10/h3-4,7H,5-6H2,1-2H3,(H2,9,10)/b4-3+. The molecule has 0 bridgehead atoms. The van der Waals surface area contributed by atoms with Crippen LogP contribution < -0.4 is 5.73 Å². The quantitative estimate of drug-likeness (QED) is 0.592. The molecular formula is C8H15NO. The third-order valence-corrected chi connectivity index (χ3v) is 1.37. The Morgan fingerprint density at radius 1 is 1.70 bits per heavy atom. The summed E-state index contributed by atoms with van der Waals surface area (Å²) in [7, 11) is 0. The highest BCUT2D eigenvalue weighted by atomic mass is 16.1. The van der Waals surface area contributed by atoms with Crippen LogP contribution in [0.3, 0.4) is 0 Å². The van der Waals surface area contributed by atoms with Crippen molar-refractivity contribution in [1.82, 2.24) is 0 Å². The minimum absolute atomic E-state index is 0.212. The molecule has 0 heterocycles. The summed E-state index contributed by atoms with van der Waals surface area (Å²) >= 11 is 0. The predicted octanol–water partition coefficient (Wildman–Crippen LogP) is 1.46. The summed E-state index contributed by atoms with van der Waals surface area (Å²) in [6, 6.07) is 0. The van der Waals surface area contributed by atoms with Crippen molar-refractivity contribution >= 4 is 5.91 Å². The lowest BCUT2D eigenvalue weighted by Crippen LogP contribution is -2.11. The Hall–Kier alpha value is -0.790. The number of allylic oxidation sites excluding steroid dienone is 2. The van der Waals surface area contributed by atoms with Gasteiger partial charge in [0.2, 0.25) is 5.91 Å². The number of hydrogen-bond acceptors (Lipinski definition) is 1. The maximum absolute atomic E-state index is 10.3. The summed E-state index contributed by atoms with van der Waals surface area (Å²) in [5, 5.41) is 0. The highest BCUT2D eigenvalue weighted by Gasteiger charge is 1.98. The van der Waals surface area contributed by atoms with Crippen LogP contribution in [0.25, 0.3) is 0 Å². The zero-order valence-electron chi connectivity index (χ0n) is 6.63. The van der Waals surface area contributed by atoms with Crippen LogP contribution in [0.5, 0.6) is 0 Å². The van der Waals surface area contributed by atoms with Gasteiger partial charge in [0.1, 0.15) is 0 Å². The van der Waals surface area contributed by atoms with E-state index in [2.05, 4.69) is 13.0 Å². The molecule has 0 spiro atoms. The smallest absolute Gasteiger partial charge is 0.217 e. The first-order chi connectivity index (χ1) is 4.66. The number of nitrogens with two attached hydrogens (primary N) is 1. The summed E-state index contributed by atoms with van der Waals surface area (Å²) in [5.41, 5.74) is 4.97. The molecule has 0 saturated carbocycles. The van der Waals surface area contributed by atoms with Gasteiger partial charge in [-0.05, 0) is 19.3 Å². The first kappa shape index (κ1) is 9.21. The van der Waals surface area contributed by atoms with E-state index < -0.39 is 0 Å². The van der Waals surface area contributed by atoms with E-state index in [4.69, 9.17) is 5.73 Å². The SMILES string of the molecule is C/C=C/C(C)CCC(N)=O. The zero-order chi connectivity index (χ0) is 7.98. The van der Waals surface area contributed by atoms with Gasteiger partial charge >= 0.3 is 0 Å². The molecule has 2 N–H and O–H groups in total. The minimum atomic E-state index is -0.212. The van der Waals surface area contributed by atoms with Gasteiger partial charge in [0, 0.05) is 6.42 Å². The third-order valence-electron chi connectivity index (χ3n) is 1.37. The Kier molecular flexibility index (Phi) is 4.63. The third kappa shape index (κ3) is 5.35. The average Bonchev–Trinajstić information content (AvgIpc) is 1.85. The van der Waals surface area contributed by atoms with Crippen molar-refractivity contribution in [2.45, 2.75) is 26.7 Å². The zero-order valence-corrected chi connectivity index (χ0v) is 6.63. The molecule has 2 heteroatoms. The molecule has 0 aliphatic heterocycles. The first-order valence-electron chi connectivity index (χ1n) is 3.58. The molecule has 0 aromatic rings. The van der Waals surface area contributed by atoms with E-state index in [1.54, 1.807) is 0 Å². The Morgan fingerprint density at radius 3 is 2.70 bits per heavy atom. The predicted molar refractivity (Wildman–Crippen MR) is 42.4 cm³/mol. The van der Waals surface area contributed by atoms with Crippen molar-refractivity contribution in [3.8, 4) is 0 Å². The molecule has 0 fully saturated rings. The van der Waals surface area contributed by atoms with Crippen molar-refractivity contribution in [3.05, 3.63) is 12.2 Å². The van der Waals surface area contributed by atoms with Crippen LogP contribution in [0.1, 0.15) is 26.7 Å². The van der Waals surface area contributed by atoms with Crippen LogP contribution in [0.4, 0.5) is 0 Å². The largest absolute Gasteiger partial charge is 0.370 e. The van der Waals surface area contributed by atoms with Crippen LogP contribution in [-0.2, 0) is 4.79 Å². The number of carbonyl (C=O) groups excluding carboxylic acids is 1. The molecule has 0 aromatic heterocycles. The Labute approximate surface area is 62.1 Å². The maximum atomic E-state index is 10.3. The molecule has 0 saturated heterocycles. The highest BCUT2D eigenvalue weighted by Crippen LogP contribution is 2.05. The van der Waals surface area contributed by atoms with E-state index in [-0.39, 0.29) is 5.91 Å². The molecule has 1 unspecified atom stereocenters. The lowest BCUT2D eigenvalue weighted by molar-refractivity contribution is -0.118. The molecule has 2 nitrogen and oxygen atoms in total. The molecular weight excluding hydrogens is 126 g/mol. The second-order valence-corrected chi connectivity index (χ2v) is 2.51. The van der Waals surface area contributed by atoms with E-state index in [1.165, 1.54) is 0 Å². The van der Waals surface area contributed by atoms with Crippen LogP contribution in [-0.4, -0.2) is 5.91 Å². The fourth-order valence-corrected chi connectivity index (χ4v) is 0.795. The van der Waals surface area contributed by atoms with Gasteiger partial charge < -0.3 is 5.73 Å². The van der Waals surface area contributed by atoms with Gasteiger partial charge in [-0.25, -0.2) is 0 Å². The van der Waals surface area contributed by atoms with Crippen molar-refractivity contribution < 1.29 is 4.79 Å². The molecule has 0 aliphatic rings. The molecule has 0 aromatic carbocycles. The van der Waals surface area contributed by atoms with Crippen molar-refractivity contribution in [2.75, 3.05) is 0 Å². The molecule has 1 atom stereocenters. The normalized spacial score (nSPS) is 13.8. The maximum Gasteiger partial charge on any atom is 0.217 e. The van der Waals surface area contributed by atoms with E-state index in [0.717, 1.165) is 6.42 Å². The van der Waals surface area contributed by atoms with Crippen molar-refractivity contribution in [2.24, 2.45) is 11.7 Å². The fraction of sp³-hybridized carbons (Fsp3) is 0.625.